The Bertz CT molecular complexity index is 2850. The van der Waals surface area contributed by atoms with Crippen molar-refractivity contribution in [2.75, 3.05) is 0 Å². The topological polar surface area (TPSA) is 56.7 Å². The lowest BCUT2D eigenvalue weighted by atomic mass is 9.98. The molecule has 0 spiro atoms. The summed E-state index contributed by atoms with van der Waals surface area (Å²) in [6.45, 7) is 0. The number of para-hydroxylation sites is 2. The van der Waals surface area contributed by atoms with Gasteiger partial charge in [-0.05, 0) is 46.5 Å². The molecule has 5 heteroatoms. The fourth-order valence-corrected chi connectivity index (χ4v) is 7.07. The third-order valence-corrected chi connectivity index (χ3v) is 9.48. The highest BCUT2D eigenvalue weighted by Crippen LogP contribution is 2.40. The number of fused-ring (bicyclic) bond motifs is 7. The normalized spacial score (nSPS) is 11.6. The van der Waals surface area contributed by atoms with E-state index in [4.69, 9.17) is 19.4 Å². The zero-order valence-electron chi connectivity index (χ0n) is 26.9. The van der Waals surface area contributed by atoms with E-state index in [1.165, 1.54) is 11.1 Å². The van der Waals surface area contributed by atoms with Crippen LogP contribution in [0.2, 0.25) is 0 Å². The predicted octanol–water partition coefficient (Wildman–Crippen LogP) is 11.5. The fourth-order valence-electron chi connectivity index (χ4n) is 7.07. The number of nitrogens with zero attached hydrogens (tertiary/aromatic N) is 4. The molecule has 3 heterocycles. The van der Waals surface area contributed by atoms with E-state index in [1.807, 2.05) is 54.6 Å². The summed E-state index contributed by atoms with van der Waals surface area (Å²) in [6.07, 6.45) is 0. The van der Waals surface area contributed by atoms with Gasteiger partial charge in [-0.15, -0.1) is 0 Å². The van der Waals surface area contributed by atoms with Gasteiger partial charge in [0.25, 0.3) is 0 Å². The predicted molar refractivity (Wildman–Crippen MR) is 203 cm³/mol. The van der Waals surface area contributed by atoms with Crippen LogP contribution in [-0.4, -0.2) is 19.5 Å². The molecule has 3 aromatic heterocycles. The minimum atomic E-state index is 0.535. The van der Waals surface area contributed by atoms with Crippen molar-refractivity contribution in [2.24, 2.45) is 0 Å². The average Bonchev–Trinajstić information content (AvgIpc) is 3.75. The fraction of sp³-hybridized carbons (Fsp3) is 0. The first-order valence-corrected chi connectivity index (χ1v) is 16.7. The van der Waals surface area contributed by atoms with Crippen molar-refractivity contribution in [3.63, 3.8) is 0 Å². The summed E-state index contributed by atoms with van der Waals surface area (Å²) in [6, 6.07) is 58.6. The maximum atomic E-state index is 6.59. The maximum absolute atomic E-state index is 6.59. The van der Waals surface area contributed by atoms with Crippen LogP contribution in [0.5, 0.6) is 0 Å². The second-order valence-electron chi connectivity index (χ2n) is 12.5. The van der Waals surface area contributed by atoms with Crippen LogP contribution in [0, 0.1) is 0 Å². The summed E-state index contributed by atoms with van der Waals surface area (Å²) in [7, 11) is 0. The lowest BCUT2D eigenvalue weighted by molar-refractivity contribution is 0.670. The first kappa shape index (κ1) is 28.2. The smallest absolute Gasteiger partial charge is 0.238 e. The van der Waals surface area contributed by atoms with Crippen molar-refractivity contribution in [1.82, 2.24) is 19.5 Å². The van der Waals surface area contributed by atoms with Crippen LogP contribution in [0.3, 0.4) is 0 Å². The number of furan rings is 1. The summed E-state index contributed by atoms with van der Waals surface area (Å²) in [4.78, 5) is 15.4. The Morgan fingerprint density at radius 2 is 0.920 bits per heavy atom. The molecule has 10 rings (SSSR count). The third kappa shape index (κ3) is 4.60. The number of rotatable bonds is 5. The van der Waals surface area contributed by atoms with E-state index in [2.05, 4.69) is 120 Å². The molecule has 0 aliphatic heterocycles. The largest absolute Gasteiger partial charge is 0.454 e. The molecule has 0 aliphatic carbocycles. The Kier molecular flexibility index (Phi) is 6.42. The van der Waals surface area contributed by atoms with Gasteiger partial charge in [0.05, 0.1) is 5.52 Å². The van der Waals surface area contributed by atoms with Crippen molar-refractivity contribution in [3.05, 3.63) is 170 Å². The summed E-state index contributed by atoms with van der Waals surface area (Å²) < 4.78 is 8.72. The Morgan fingerprint density at radius 1 is 0.380 bits per heavy atom. The number of hydrogen-bond donors (Lipinski definition) is 0. The summed E-state index contributed by atoms with van der Waals surface area (Å²) in [5.74, 6) is 1.74. The number of hydrogen-bond acceptors (Lipinski definition) is 4. The number of aromatic nitrogens is 4. The molecule has 0 saturated carbocycles. The molecule has 0 saturated heterocycles. The Hall–Kier alpha value is -6.85. The molecule has 0 radical (unpaired) electrons. The highest BCUT2D eigenvalue weighted by Gasteiger charge is 2.22. The third-order valence-electron chi connectivity index (χ3n) is 9.48. The molecule has 5 nitrogen and oxygen atoms in total. The Balaban J connectivity index is 1.17. The number of benzene rings is 7. The Morgan fingerprint density at radius 3 is 1.66 bits per heavy atom. The summed E-state index contributed by atoms with van der Waals surface area (Å²) >= 11 is 0. The Labute approximate surface area is 287 Å². The SMILES string of the molecule is c1ccc(-c2cccc(-c3ccc(-c4nc(-c5ccccc5)nc(-n5c6ccccc6c6ccc7c8ccccc8oc7c65)n4)cc3)c2)cc1. The van der Waals surface area contributed by atoms with Crippen LogP contribution in [0.4, 0.5) is 0 Å². The van der Waals surface area contributed by atoms with Crippen LogP contribution >= 0.6 is 0 Å². The monoisotopic (exact) mass is 640 g/mol. The van der Waals surface area contributed by atoms with E-state index >= 15 is 0 Å². The van der Waals surface area contributed by atoms with E-state index in [0.29, 0.717) is 17.6 Å². The molecule has 0 atom stereocenters. The molecule has 0 bridgehead atoms. The second kappa shape index (κ2) is 11.4. The van der Waals surface area contributed by atoms with Gasteiger partial charge >= 0.3 is 0 Å². The van der Waals surface area contributed by atoms with Gasteiger partial charge in [-0.25, -0.2) is 4.98 Å². The van der Waals surface area contributed by atoms with Crippen molar-refractivity contribution in [2.45, 2.75) is 0 Å². The molecular weight excluding hydrogens is 613 g/mol. The van der Waals surface area contributed by atoms with Gasteiger partial charge in [0, 0.05) is 32.7 Å². The van der Waals surface area contributed by atoms with Crippen molar-refractivity contribution < 1.29 is 4.42 Å². The standard InChI is InChI=1S/C45H28N4O/c1-3-12-29(13-4-1)33-16-11-17-34(28-33)30-22-24-32(25-23-30)44-46-43(31-14-5-2-6-15-31)47-45(48-44)49-39-20-9-7-18-35(39)37-26-27-38-36-19-8-10-21-40(36)50-42(38)41(37)49/h1-28H. The molecule has 0 amide bonds. The maximum Gasteiger partial charge on any atom is 0.238 e. The molecular formula is C45H28N4O. The van der Waals surface area contributed by atoms with Gasteiger partial charge in [0.15, 0.2) is 17.2 Å². The lowest BCUT2D eigenvalue weighted by Gasteiger charge is -2.11. The highest BCUT2D eigenvalue weighted by atomic mass is 16.3. The summed E-state index contributed by atoms with van der Waals surface area (Å²) in [5.41, 5.74) is 10.1. The molecule has 10 aromatic rings. The van der Waals surface area contributed by atoms with Crippen molar-refractivity contribution in [3.8, 4) is 51.0 Å². The molecule has 50 heavy (non-hydrogen) atoms. The quantitative estimate of drug-likeness (QED) is 0.188. The zero-order valence-corrected chi connectivity index (χ0v) is 26.9. The van der Waals surface area contributed by atoms with Crippen LogP contribution in [0.25, 0.3) is 94.7 Å². The van der Waals surface area contributed by atoms with Crippen LogP contribution < -0.4 is 0 Å². The minimum Gasteiger partial charge on any atom is -0.454 e. The molecule has 0 unspecified atom stereocenters. The lowest BCUT2D eigenvalue weighted by Crippen LogP contribution is -2.06. The van der Waals surface area contributed by atoms with Crippen molar-refractivity contribution in [1.29, 1.82) is 0 Å². The molecule has 0 N–H and O–H groups in total. The van der Waals surface area contributed by atoms with Gasteiger partial charge in [-0.1, -0.05) is 146 Å². The molecule has 0 aliphatic rings. The van der Waals surface area contributed by atoms with Gasteiger partial charge in [-0.2, -0.15) is 9.97 Å². The van der Waals surface area contributed by atoms with Gasteiger partial charge in [0.1, 0.15) is 11.1 Å². The van der Waals surface area contributed by atoms with Gasteiger partial charge in [0.2, 0.25) is 5.95 Å². The van der Waals surface area contributed by atoms with E-state index in [9.17, 15) is 0 Å². The molecule has 7 aromatic carbocycles. The van der Waals surface area contributed by atoms with Gasteiger partial charge in [-0.3, -0.25) is 4.57 Å². The van der Waals surface area contributed by atoms with Crippen LogP contribution in [0.15, 0.2) is 174 Å². The first-order valence-electron chi connectivity index (χ1n) is 16.7. The van der Waals surface area contributed by atoms with Crippen LogP contribution in [-0.2, 0) is 0 Å². The summed E-state index contributed by atoms with van der Waals surface area (Å²) in [5, 5.41) is 4.33. The van der Waals surface area contributed by atoms with E-state index < -0.39 is 0 Å². The first-order chi connectivity index (χ1) is 24.8. The minimum absolute atomic E-state index is 0.535. The van der Waals surface area contributed by atoms with E-state index in [1.54, 1.807) is 0 Å². The van der Waals surface area contributed by atoms with Gasteiger partial charge < -0.3 is 4.42 Å². The zero-order chi connectivity index (χ0) is 33.0. The van der Waals surface area contributed by atoms with Crippen LogP contribution in [0.1, 0.15) is 0 Å². The molecule has 0 fully saturated rings. The highest BCUT2D eigenvalue weighted by molar-refractivity contribution is 6.21. The second-order valence-corrected chi connectivity index (χ2v) is 12.5. The van der Waals surface area contributed by atoms with Crippen molar-refractivity contribution >= 4 is 43.7 Å². The van der Waals surface area contributed by atoms with E-state index in [0.717, 1.165) is 66.0 Å². The van der Waals surface area contributed by atoms with E-state index in [-0.39, 0.29) is 0 Å². The average molecular weight is 641 g/mol. The molecule has 234 valence electrons.